The third kappa shape index (κ3) is 3.94. The number of benzene rings is 3. The average Bonchev–Trinajstić information content (AvgIpc) is 3.08. The summed E-state index contributed by atoms with van der Waals surface area (Å²) in [7, 11) is 0. The largest absolute Gasteiger partial charge is 0.486 e. The van der Waals surface area contributed by atoms with E-state index in [0.29, 0.717) is 36.0 Å². The maximum Gasteiger partial charge on any atom is 0.325 e. The summed E-state index contributed by atoms with van der Waals surface area (Å²) in [5, 5.41) is 5.46. The Morgan fingerprint density at radius 3 is 2.35 bits per heavy atom. The van der Waals surface area contributed by atoms with Crippen LogP contribution < -0.4 is 20.1 Å². The Morgan fingerprint density at radius 2 is 1.62 bits per heavy atom. The smallest absolute Gasteiger partial charge is 0.325 e. The van der Waals surface area contributed by atoms with E-state index in [1.165, 1.54) is 0 Å². The van der Waals surface area contributed by atoms with Crippen molar-refractivity contribution in [1.29, 1.82) is 0 Å². The number of hydrogen-bond acceptors (Lipinski definition) is 5. The van der Waals surface area contributed by atoms with Crippen LogP contribution in [-0.2, 0) is 15.1 Å². The maximum absolute atomic E-state index is 13.2. The van der Waals surface area contributed by atoms with Crippen molar-refractivity contribution in [3.63, 3.8) is 0 Å². The van der Waals surface area contributed by atoms with Crippen LogP contribution in [0.2, 0.25) is 0 Å². The Morgan fingerprint density at radius 1 is 0.941 bits per heavy atom. The Labute approximate surface area is 196 Å². The number of hydrogen-bond donors (Lipinski definition) is 2. The lowest BCUT2D eigenvalue weighted by atomic mass is 9.91. The number of carbonyl (C=O) groups is 3. The molecule has 8 nitrogen and oxygen atoms in total. The van der Waals surface area contributed by atoms with Crippen molar-refractivity contribution in [3.05, 3.63) is 78.4 Å². The number of fused-ring (bicyclic) bond motifs is 1. The molecule has 2 aliphatic rings. The molecular weight excluding hydrogens is 434 g/mol. The molecule has 4 amide bonds. The van der Waals surface area contributed by atoms with Gasteiger partial charge in [0.15, 0.2) is 11.5 Å². The number of nitrogens with one attached hydrogen (secondary N) is 2. The lowest BCUT2D eigenvalue weighted by molar-refractivity contribution is -0.133. The first-order valence-corrected chi connectivity index (χ1v) is 10.9. The van der Waals surface area contributed by atoms with E-state index in [0.717, 1.165) is 16.0 Å². The molecule has 34 heavy (non-hydrogen) atoms. The SMILES string of the molecule is C[C@@]1(c2ccc3c(c2)OCCO3)NC(=O)N(CC(=O)Nc2ccc(-c3ccccc3)cc2)C1=O. The summed E-state index contributed by atoms with van der Waals surface area (Å²) in [6.45, 7) is 2.08. The molecule has 2 heterocycles. The molecule has 0 saturated carbocycles. The van der Waals surface area contributed by atoms with Gasteiger partial charge in [-0.1, -0.05) is 48.5 Å². The highest BCUT2D eigenvalue weighted by Crippen LogP contribution is 2.36. The van der Waals surface area contributed by atoms with E-state index in [4.69, 9.17) is 9.47 Å². The molecule has 0 aromatic heterocycles. The molecule has 3 aromatic rings. The van der Waals surface area contributed by atoms with E-state index in [-0.39, 0.29) is 0 Å². The minimum atomic E-state index is -1.31. The lowest BCUT2D eigenvalue weighted by Crippen LogP contribution is -2.42. The highest BCUT2D eigenvalue weighted by Gasteiger charge is 2.49. The summed E-state index contributed by atoms with van der Waals surface area (Å²) in [4.78, 5) is 39.3. The van der Waals surface area contributed by atoms with Crippen LogP contribution in [0.5, 0.6) is 11.5 Å². The van der Waals surface area contributed by atoms with E-state index >= 15 is 0 Å². The first-order valence-electron chi connectivity index (χ1n) is 10.9. The molecular formula is C26H23N3O5. The molecule has 0 spiro atoms. The summed E-state index contributed by atoms with van der Waals surface area (Å²) in [6.07, 6.45) is 0. The van der Waals surface area contributed by atoms with Crippen molar-refractivity contribution in [2.45, 2.75) is 12.5 Å². The Hall–Kier alpha value is -4.33. The summed E-state index contributed by atoms with van der Waals surface area (Å²) in [6, 6.07) is 21.7. The van der Waals surface area contributed by atoms with Gasteiger partial charge in [0.25, 0.3) is 5.91 Å². The van der Waals surface area contributed by atoms with E-state index < -0.39 is 29.9 Å². The second kappa shape index (κ2) is 8.55. The molecule has 5 rings (SSSR count). The zero-order valence-corrected chi connectivity index (χ0v) is 18.5. The molecule has 0 aliphatic carbocycles. The van der Waals surface area contributed by atoms with Crippen molar-refractivity contribution >= 4 is 23.5 Å². The molecule has 2 N–H and O–H groups in total. The van der Waals surface area contributed by atoms with Gasteiger partial charge in [0, 0.05) is 5.69 Å². The normalized spacial score (nSPS) is 19.0. The first-order chi connectivity index (χ1) is 16.4. The van der Waals surface area contributed by atoms with Crippen LogP contribution in [-0.4, -0.2) is 42.5 Å². The van der Waals surface area contributed by atoms with Crippen molar-refractivity contribution in [2.75, 3.05) is 25.1 Å². The van der Waals surface area contributed by atoms with Crippen LogP contribution >= 0.6 is 0 Å². The van der Waals surface area contributed by atoms with Crippen LogP contribution in [0.4, 0.5) is 10.5 Å². The molecule has 0 radical (unpaired) electrons. The van der Waals surface area contributed by atoms with Gasteiger partial charge < -0.3 is 20.1 Å². The zero-order valence-electron chi connectivity index (χ0n) is 18.5. The standard InChI is InChI=1S/C26H23N3O5/c1-26(19-9-12-21-22(15-19)34-14-13-33-21)24(31)29(25(32)28-26)16-23(30)27-20-10-7-18(8-11-20)17-5-3-2-4-6-17/h2-12,15H,13-14,16H2,1H3,(H,27,30)(H,28,32)/t26-/m0/s1. The number of carbonyl (C=O) groups excluding carboxylic acids is 3. The number of imide groups is 1. The van der Waals surface area contributed by atoms with Crippen LogP contribution in [0.15, 0.2) is 72.8 Å². The highest BCUT2D eigenvalue weighted by atomic mass is 16.6. The van der Waals surface area contributed by atoms with Gasteiger partial charge >= 0.3 is 6.03 Å². The van der Waals surface area contributed by atoms with Crippen LogP contribution in [0.3, 0.4) is 0 Å². The van der Waals surface area contributed by atoms with E-state index in [1.807, 2.05) is 42.5 Å². The van der Waals surface area contributed by atoms with Gasteiger partial charge in [0.1, 0.15) is 25.3 Å². The third-order valence-corrected chi connectivity index (χ3v) is 5.97. The van der Waals surface area contributed by atoms with Gasteiger partial charge in [-0.15, -0.1) is 0 Å². The number of rotatable bonds is 5. The van der Waals surface area contributed by atoms with E-state index in [9.17, 15) is 14.4 Å². The van der Waals surface area contributed by atoms with E-state index in [2.05, 4.69) is 10.6 Å². The van der Waals surface area contributed by atoms with Gasteiger partial charge in [-0.2, -0.15) is 0 Å². The first kappa shape index (κ1) is 21.5. The summed E-state index contributed by atoms with van der Waals surface area (Å²) in [5.41, 5.74) is 1.90. The molecule has 3 aromatic carbocycles. The molecule has 0 bridgehead atoms. The number of urea groups is 1. The second-order valence-corrected chi connectivity index (χ2v) is 8.30. The fourth-order valence-electron chi connectivity index (χ4n) is 4.11. The summed E-state index contributed by atoms with van der Waals surface area (Å²) in [5.74, 6) is 0.123. The third-order valence-electron chi connectivity index (χ3n) is 5.97. The van der Waals surface area contributed by atoms with Crippen molar-refractivity contribution < 1.29 is 23.9 Å². The van der Waals surface area contributed by atoms with Crippen LogP contribution in [0.1, 0.15) is 12.5 Å². The summed E-state index contributed by atoms with van der Waals surface area (Å²) < 4.78 is 11.1. The van der Waals surface area contributed by atoms with Gasteiger partial charge in [0.2, 0.25) is 5.91 Å². The van der Waals surface area contributed by atoms with Crippen molar-refractivity contribution in [1.82, 2.24) is 10.2 Å². The lowest BCUT2D eigenvalue weighted by Gasteiger charge is -2.25. The molecule has 8 heteroatoms. The minimum absolute atomic E-state index is 0.398. The number of ether oxygens (including phenoxy) is 2. The fraction of sp³-hybridized carbons (Fsp3) is 0.192. The van der Waals surface area contributed by atoms with Crippen LogP contribution in [0.25, 0.3) is 11.1 Å². The minimum Gasteiger partial charge on any atom is -0.486 e. The van der Waals surface area contributed by atoms with E-state index in [1.54, 1.807) is 37.3 Å². The predicted molar refractivity (Wildman–Crippen MR) is 126 cm³/mol. The highest BCUT2D eigenvalue weighted by molar-refractivity contribution is 6.10. The van der Waals surface area contributed by atoms with Gasteiger partial charge in [-0.05, 0) is 47.9 Å². The quantitative estimate of drug-likeness (QED) is 0.572. The van der Waals surface area contributed by atoms with Crippen molar-refractivity contribution in [2.24, 2.45) is 0 Å². The average molecular weight is 457 g/mol. The van der Waals surface area contributed by atoms with Gasteiger partial charge in [-0.3, -0.25) is 14.5 Å². The predicted octanol–water partition coefficient (Wildman–Crippen LogP) is 3.53. The molecule has 0 unspecified atom stereocenters. The number of amides is 4. The summed E-state index contributed by atoms with van der Waals surface area (Å²) >= 11 is 0. The van der Waals surface area contributed by atoms with Crippen LogP contribution in [0, 0.1) is 0 Å². The Balaban J connectivity index is 1.27. The second-order valence-electron chi connectivity index (χ2n) is 8.30. The Bertz CT molecular complexity index is 1260. The Kier molecular flexibility index (Phi) is 5.41. The monoisotopic (exact) mass is 457 g/mol. The van der Waals surface area contributed by atoms with Crippen molar-refractivity contribution in [3.8, 4) is 22.6 Å². The number of anilines is 1. The molecule has 1 fully saturated rings. The van der Waals surface area contributed by atoms with Gasteiger partial charge in [0.05, 0.1) is 0 Å². The fourth-order valence-corrected chi connectivity index (χ4v) is 4.11. The molecule has 1 atom stereocenters. The molecule has 2 aliphatic heterocycles. The number of nitrogens with zero attached hydrogens (tertiary/aromatic N) is 1. The maximum atomic E-state index is 13.2. The zero-order chi connectivity index (χ0) is 23.7. The molecule has 172 valence electrons. The molecule has 1 saturated heterocycles. The van der Waals surface area contributed by atoms with Gasteiger partial charge in [-0.25, -0.2) is 4.79 Å². The topological polar surface area (TPSA) is 97.0 Å².